The van der Waals surface area contributed by atoms with Gasteiger partial charge in [-0.3, -0.25) is 14.4 Å². The topological polar surface area (TPSA) is 112 Å². The van der Waals surface area contributed by atoms with Crippen LogP contribution in [0, 0.1) is 17.8 Å². The van der Waals surface area contributed by atoms with Gasteiger partial charge in [-0.05, 0) is 37.2 Å². The maximum absolute atomic E-state index is 12.1. The normalized spacial score (nSPS) is 31.2. The van der Waals surface area contributed by atoms with Crippen LogP contribution in [0.1, 0.15) is 29.8 Å². The van der Waals surface area contributed by atoms with Crippen molar-refractivity contribution < 1.29 is 14.7 Å². The van der Waals surface area contributed by atoms with Crippen LogP contribution in [-0.4, -0.2) is 33.2 Å². The molecule has 2 aliphatic carbocycles. The third-order valence-electron chi connectivity index (χ3n) is 4.41. The third kappa shape index (κ3) is 2.09. The van der Waals surface area contributed by atoms with Crippen molar-refractivity contribution in [1.82, 2.24) is 15.5 Å². The van der Waals surface area contributed by atoms with E-state index in [2.05, 4.69) is 15.5 Å². The standard InChI is InChI=1S/C13H15N3O4/c17-9-4-3-8(15-16-9)12(18)14-11-7-2-1-6(5-7)10(11)13(19)20/h3-4,6-7,10-11H,1-2,5H2,(H,14,18)(H,16,17)(H,19,20). The summed E-state index contributed by atoms with van der Waals surface area (Å²) < 4.78 is 0. The molecule has 1 aromatic rings. The number of hydrogen-bond acceptors (Lipinski definition) is 4. The summed E-state index contributed by atoms with van der Waals surface area (Å²) in [7, 11) is 0. The van der Waals surface area contributed by atoms with Crippen molar-refractivity contribution in [3.63, 3.8) is 0 Å². The zero-order chi connectivity index (χ0) is 14.3. The number of carbonyl (C=O) groups is 2. The number of carboxylic acid groups (broad SMARTS) is 1. The van der Waals surface area contributed by atoms with Gasteiger partial charge in [0.05, 0.1) is 5.92 Å². The van der Waals surface area contributed by atoms with E-state index in [0.717, 1.165) is 19.3 Å². The monoisotopic (exact) mass is 277 g/mol. The van der Waals surface area contributed by atoms with Gasteiger partial charge in [0.25, 0.3) is 11.5 Å². The number of carboxylic acids is 1. The minimum absolute atomic E-state index is 0.0940. The van der Waals surface area contributed by atoms with Gasteiger partial charge in [-0.2, -0.15) is 5.10 Å². The van der Waals surface area contributed by atoms with Gasteiger partial charge in [-0.15, -0.1) is 0 Å². The molecule has 20 heavy (non-hydrogen) atoms. The highest BCUT2D eigenvalue weighted by molar-refractivity contribution is 5.92. The molecule has 2 fully saturated rings. The first-order valence-electron chi connectivity index (χ1n) is 6.65. The number of hydrogen-bond donors (Lipinski definition) is 3. The Morgan fingerprint density at radius 3 is 2.70 bits per heavy atom. The average molecular weight is 277 g/mol. The molecule has 2 aliphatic rings. The Labute approximate surface area is 114 Å². The fourth-order valence-corrected chi connectivity index (χ4v) is 3.55. The number of H-pyrrole nitrogens is 1. The van der Waals surface area contributed by atoms with Gasteiger partial charge in [0.15, 0.2) is 0 Å². The number of fused-ring (bicyclic) bond motifs is 2. The number of carbonyl (C=O) groups excluding carboxylic acids is 1. The average Bonchev–Trinajstić information content (AvgIpc) is 3.00. The number of aromatic nitrogens is 2. The molecule has 0 radical (unpaired) electrons. The molecule has 0 aliphatic heterocycles. The smallest absolute Gasteiger partial charge is 0.308 e. The third-order valence-corrected chi connectivity index (χ3v) is 4.41. The van der Waals surface area contributed by atoms with Crippen molar-refractivity contribution in [2.24, 2.45) is 17.8 Å². The molecule has 3 N–H and O–H groups in total. The molecule has 1 amide bonds. The van der Waals surface area contributed by atoms with Crippen molar-refractivity contribution in [2.45, 2.75) is 25.3 Å². The molecule has 0 saturated heterocycles. The molecule has 2 bridgehead atoms. The molecule has 7 nitrogen and oxygen atoms in total. The Morgan fingerprint density at radius 1 is 1.30 bits per heavy atom. The Kier molecular flexibility index (Phi) is 3.04. The van der Waals surface area contributed by atoms with E-state index in [0.29, 0.717) is 0 Å². The molecule has 2 saturated carbocycles. The SMILES string of the molecule is O=C(NC1C2CCC(C2)C1C(=O)O)c1ccc(=O)[nH]n1. The van der Waals surface area contributed by atoms with Crippen LogP contribution in [0.25, 0.3) is 0 Å². The van der Waals surface area contributed by atoms with Crippen molar-refractivity contribution in [3.05, 3.63) is 28.2 Å². The molecule has 3 rings (SSSR count). The number of amides is 1. The molecule has 0 aromatic carbocycles. The van der Waals surface area contributed by atoms with Gasteiger partial charge in [-0.1, -0.05) is 0 Å². The van der Waals surface area contributed by atoms with Crippen LogP contribution in [0.4, 0.5) is 0 Å². The zero-order valence-electron chi connectivity index (χ0n) is 10.7. The van der Waals surface area contributed by atoms with E-state index in [4.69, 9.17) is 0 Å². The van der Waals surface area contributed by atoms with Crippen LogP contribution in [0.3, 0.4) is 0 Å². The lowest BCUT2D eigenvalue weighted by atomic mass is 9.84. The van der Waals surface area contributed by atoms with E-state index < -0.39 is 17.8 Å². The van der Waals surface area contributed by atoms with Crippen LogP contribution in [0.5, 0.6) is 0 Å². The second-order valence-electron chi connectivity index (χ2n) is 5.50. The molecule has 1 heterocycles. The maximum Gasteiger partial charge on any atom is 0.308 e. The van der Waals surface area contributed by atoms with Gasteiger partial charge < -0.3 is 10.4 Å². The lowest BCUT2D eigenvalue weighted by molar-refractivity contribution is -0.144. The summed E-state index contributed by atoms with van der Waals surface area (Å²) in [6.07, 6.45) is 2.74. The second-order valence-corrected chi connectivity index (χ2v) is 5.50. The summed E-state index contributed by atoms with van der Waals surface area (Å²) in [6.45, 7) is 0. The number of aliphatic carboxylic acids is 1. The lowest BCUT2D eigenvalue weighted by Crippen LogP contribution is -2.47. The minimum atomic E-state index is -0.850. The summed E-state index contributed by atoms with van der Waals surface area (Å²) in [5.74, 6) is -1.42. The van der Waals surface area contributed by atoms with E-state index in [1.807, 2.05) is 0 Å². The largest absolute Gasteiger partial charge is 0.481 e. The molecule has 106 valence electrons. The molecular formula is C13H15N3O4. The van der Waals surface area contributed by atoms with Crippen molar-refractivity contribution in [2.75, 3.05) is 0 Å². The van der Waals surface area contributed by atoms with E-state index in [1.165, 1.54) is 12.1 Å². The van der Waals surface area contributed by atoms with Gasteiger partial charge in [0, 0.05) is 12.1 Å². The zero-order valence-corrected chi connectivity index (χ0v) is 10.7. The predicted octanol–water partition coefficient (Wildman–Crippen LogP) is -0.001000. The fraction of sp³-hybridized carbons (Fsp3) is 0.538. The molecule has 7 heteroatoms. The number of rotatable bonds is 3. The van der Waals surface area contributed by atoms with Crippen LogP contribution in [0.15, 0.2) is 16.9 Å². The first-order valence-corrected chi connectivity index (χ1v) is 6.65. The fourth-order valence-electron chi connectivity index (χ4n) is 3.55. The van der Waals surface area contributed by atoms with Crippen LogP contribution >= 0.6 is 0 Å². The van der Waals surface area contributed by atoms with Crippen molar-refractivity contribution >= 4 is 11.9 Å². The predicted molar refractivity (Wildman–Crippen MR) is 68.1 cm³/mol. The first-order chi connectivity index (χ1) is 9.56. The van der Waals surface area contributed by atoms with E-state index in [1.54, 1.807) is 0 Å². The second kappa shape index (κ2) is 4.73. The van der Waals surface area contributed by atoms with E-state index in [9.17, 15) is 19.5 Å². The highest BCUT2D eigenvalue weighted by Gasteiger charge is 2.51. The Balaban J connectivity index is 1.76. The van der Waals surface area contributed by atoms with Crippen molar-refractivity contribution in [3.8, 4) is 0 Å². The van der Waals surface area contributed by atoms with Crippen LogP contribution in [0.2, 0.25) is 0 Å². The lowest BCUT2D eigenvalue weighted by Gasteiger charge is -2.28. The molecule has 0 spiro atoms. The number of nitrogens with one attached hydrogen (secondary N) is 2. The molecular weight excluding hydrogens is 262 g/mol. The van der Waals surface area contributed by atoms with Gasteiger partial charge in [-0.25, -0.2) is 5.10 Å². The first kappa shape index (κ1) is 12.8. The number of aromatic amines is 1. The minimum Gasteiger partial charge on any atom is -0.481 e. The van der Waals surface area contributed by atoms with Crippen LogP contribution < -0.4 is 10.9 Å². The van der Waals surface area contributed by atoms with Gasteiger partial charge in [0.1, 0.15) is 5.69 Å². The highest BCUT2D eigenvalue weighted by atomic mass is 16.4. The summed E-state index contributed by atoms with van der Waals surface area (Å²) in [4.78, 5) is 34.3. The van der Waals surface area contributed by atoms with Crippen molar-refractivity contribution in [1.29, 1.82) is 0 Å². The number of nitrogens with zero attached hydrogens (tertiary/aromatic N) is 1. The maximum atomic E-state index is 12.1. The molecule has 1 aromatic heterocycles. The molecule has 4 unspecified atom stereocenters. The van der Waals surface area contributed by atoms with Crippen LogP contribution in [-0.2, 0) is 4.79 Å². The summed E-state index contributed by atoms with van der Waals surface area (Å²) >= 11 is 0. The summed E-state index contributed by atoms with van der Waals surface area (Å²) in [5.41, 5.74) is -0.290. The van der Waals surface area contributed by atoms with E-state index >= 15 is 0 Å². The van der Waals surface area contributed by atoms with Gasteiger partial charge >= 0.3 is 5.97 Å². The summed E-state index contributed by atoms with van der Waals surface area (Å²) in [5, 5.41) is 17.9. The Morgan fingerprint density at radius 2 is 2.05 bits per heavy atom. The quantitative estimate of drug-likeness (QED) is 0.720. The van der Waals surface area contributed by atoms with E-state index in [-0.39, 0.29) is 29.1 Å². The van der Waals surface area contributed by atoms with Gasteiger partial charge in [0.2, 0.25) is 0 Å². The summed E-state index contributed by atoms with van der Waals surface area (Å²) in [6, 6.07) is 2.21. The Bertz CT molecular complexity index is 591. The highest BCUT2D eigenvalue weighted by Crippen LogP contribution is 2.48. The Hall–Kier alpha value is -2.18. The molecule has 4 atom stereocenters.